The first-order valence-electron chi connectivity index (χ1n) is 12.0. The number of rotatable bonds is 7. The van der Waals surface area contributed by atoms with Crippen molar-refractivity contribution < 1.29 is 14.3 Å². The van der Waals surface area contributed by atoms with Crippen LogP contribution in [0.4, 0.5) is 5.69 Å². The Bertz CT molecular complexity index is 1340. The third-order valence-electron chi connectivity index (χ3n) is 6.09. The zero-order valence-corrected chi connectivity index (χ0v) is 20.7. The standard InChI is InChI=1S/C31H31NO3/c1-5-27(35-28-15-9-11-21-10-6-7-14-26(21)28)30(34)32-25-13-8-12-23(20-25)29(33)22-16-18-24(19-17-22)31(2,3)4/h6-20,27H,5H2,1-4H3,(H,32,34)/t27-/m1/s1. The Balaban J connectivity index is 1.49. The van der Waals surface area contributed by atoms with Crippen LogP contribution in [0.1, 0.15) is 55.6 Å². The number of amides is 1. The molecule has 0 heterocycles. The fourth-order valence-corrected chi connectivity index (χ4v) is 4.02. The highest BCUT2D eigenvalue weighted by atomic mass is 16.5. The highest BCUT2D eigenvalue weighted by Gasteiger charge is 2.20. The van der Waals surface area contributed by atoms with Gasteiger partial charge < -0.3 is 10.1 Å². The van der Waals surface area contributed by atoms with Crippen molar-refractivity contribution in [1.82, 2.24) is 0 Å². The van der Waals surface area contributed by atoms with E-state index in [1.807, 2.05) is 73.7 Å². The Morgan fingerprint density at radius 1 is 0.829 bits per heavy atom. The molecule has 1 amide bonds. The van der Waals surface area contributed by atoms with Crippen LogP contribution in [-0.4, -0.2) is 17.8 Å². The van der Waals surface area contributed by atoms with Gasteiger partial charge in [0, 0.05) is 22.2 Å². The van der Waals surface area contributed by atoms with Crippen molar-refractivity contribution in [2.45, 2.75) is 45.6 Å². The summed E-state index contributed by atoms with van der Waals surface area (Å²) in [4.78, 5) is 26.1. The number of ketones is 1. The van der Waals surface area contributed by atoms with E-state index in [1.54, 1.807) is 24.3 Å². The van der Waals surface area contributed by atoms with Gasteiger partial charge in [-0.25, -0.2) is 0 Å². The number of fused-ring (bicyclic) bond motifs is 1. The highest BCUT2D eigenvalue weighted by Crippen LogP contribution is 2.27. The molecule has 0 aromatic heterocycles. The third kappa shape index (κ3) is 5.60. The number of benzene rings is 4. The second kappa shape index (κ2) is 10.1. The molecule has 1 N–H and O–H groups in total. The van der Waals surface area contributed by atoms with Gasteiger partial charge in [-0.1, -0.05) is 100 Å². The van der Waals surface area contributed by atoms with Crippen molar-refractivity contribution in [2.75, 3.05) is 5.32 Å². The molecule has 0 saturated heterocycles. The monoisotopic (exact) mass is 465 g/mol. The number of carbonyl (C=O) groups is 2. The Morgan fingerprint density at radius 2 is 1.51 bits per heavy atom. The maximum Gasteiger partial charge on any atom is 0.265 e. The van der Waals surface area contributed by atoms with Crippen LogP contribution in [0.25, 0.3) is 10.8 Å². The van der Waals surface area contributed by atoms with E-state index >= 15 is 0 Å². The van der Waals surface area contributed by atoms with Gasteiger partial charge >= 0.3 is 0 Å². The minimum Gasteiger partial charge on any atom is -0.480 e. The molecule has 0 unspecified atom stereocenters. The quantitative estimate of drug-likeness (QED) is 0.295. The minimum atomic E-state index is -0.662. The molecule has 0 aliphatic carbocycles. The third-order valence-corrected chi connectivity index (χ3v) is 6.09. The summed E-state index contributed by atoms with van der Waals surface area (Å²) in [6.45, 7) is 8.34. The lowest BCUT2D eigenvalue weighted by atomic mass is 9.86. The largest absolute Gasteiger partial charge is 0.480 e. The van der Waals surface area contributed by atoms with Gasteiger partial charge in [0.2, 0.25) is 0 Å². The van der Waals surface area contributed by atoms with Crippen molar-refractivity contribution >= 4 is 28.2 Å². The first kappa shape index (κ1) is 24.2. The van der Waals surface area contributed by atoms with E-state index in [4.69, 9.17) is 4.74 Å². The van der Waals surface area contributed by atoms with E-state index in [1.165, 1.54) is 5.56 Å². The van der Waals surface area contributed by atoms with Gasteiger partial charge in [-0.15, -0.1) is 0 Å². The van der Waals surface area contributed by atoms with Crippen molar-refractivity contribution in [3.63, 3.8) is 0 Å². The molecule has 0 aliphatic heterocycles. The van der Waals surface area contributed by atoms with E-state index in [9.17, 15) is 9.59 Å². The number of hydrogen-bond acceptors (Lipinski definition) is 3. The average molecular weight is 466 g/mol. The lowest BCUT2D eigenvalue weighted by Crippen LogP contribution is -2.32. The van der Waals surface area contributed by atoms with Crippen LogP contribution >= 0.6 is 0 Å². The van der Waals surface area contributed by atoms with Crippen molar-refractivity contribution in [2.24, 2.45) is 0 Å². The second-order valence-corrected chi connectivity index (χ2v) is 9.72. The number of nitrogens with one attached hydrogen (secondary N) is 1. The first-order valence-corrected chi connectivity index (χ1v) is 12.0. The molecular weight excluding hydrogens is 434 g/mol. The topological polar surface area (TPSA) is 55.4 Å². The van der Waals surface area contributed by atoms with Crippen molar-refractivity contribution in [1.29, 1.82) is 0 Å². The fraction of sp³-hybridized carbons (Fsp3) is 0.226. The van der Waals surface area contributed by atoms with Crippen molar-refractivity contribution in [3.8, 4) is 5.75 Å². The number of hydrogen-bond donors (Lipinski definition) is 1. The van der Waals surface area contributed by atoms with Crippen LogP contribution in [0.2, 0.25) is 0 Å². The van der Waals surface area contributed by atoms with Crippen molar-refractivity contribution in [3.05, 3.63) is 108 Å². The van der Waals surface area contributed by atoms with E-state index in [0.29, 0.717) is 29.0 Å². The molecule has 0 bridgehead atoms. The molecule has 35 heavy (non-hydrogen) atoms. The van der Waals surface area contributed by atoms with E-state index in [2.05, 4.69) is 26.1 Å². The summed E-state index contributed by atoms with van der Waals surface area (Å²) in [5.41, 5.74) is 2.90. The number of anilines is 1. The molecule has 0 saturated carbocycles. The molecule has 4 aromatic carbocycles. The van der Waals surface area contributed by atoms with Gasteiger partial charge in [0.25, 0.3) is 5.91 Å². The van der Waals surface area contributed by atoms with E-state index < -0.39 is 6.10 Å². The van der Waals surface area contributed by atoms with Crippen LogP contribution < -0.4 is 10.1 Å². The maximum atomic E-state index is 13.1. The summed E-state index contributed by atoms with van der Waals surface area (Å²) in [5.74, 6) is 0.341. The summed E-state index contributed by atoms with van der Waals surface area (Å²) in [6, 6.07) is 28.5. The van der Waals surface area contributed by atoms with Gasteiger partial charge in [-0.3, -0.25) is 9.59 Å². The summed E-state index contributed by atoms with van der Waals surface area (Å²) < 4.78 is 6.12. The first-order chi connectivity index (χ1) is 16.8. The Kier molecular flexibility index (Phi) is 7.02. The van der Waals surface area contributed by atoms with Gasteiger partial charge in [0.1, 0.15) is 5.75 Å². The predicted octanol–water partition coefficient (Wildman–Crippen LogP) is 7.16. The Hall–Kier alpha value is -3.92. The molecule has 4 aromatic rings. The second-order valence-electron chi connectivity index (χ2n) is 9.72. The molecule has 4 nitrogen and oxygen atoms in total. The van der Waals surface area contributed by atoms with E-state index in [0.717, 1.165) is 10.8 Å². The lowest BCUT2D eigenvalue weighted by Gasteiger charge is -2.19. The summed E-state index contributed by atoms with van der Waals surface area (Å²) >= 11 is 0. The summed E-state index contributed by atoms with van der Waals surface area (Å²) in [6.07, 6.45) is -0.154. The molecule has 178 valence electrons. The van der Waals surface area contributed by atoms with Crippen LogP contribution in [-0.2, 0) is 10.2 Å². The summed E-state index contributed by atoms with van der Waals surface area (Å²) in [7, 11) is 0. The van der Waals surface area contributed by atoms with Gasteiger partial charge in [-0.2, -0.15) is 0 Å². The number of ether oxygens (including phenoxy) is 1. The minimum absolute atomic E-state index is 0.0235. The molecule has 1 atom stereocenters. The molecule has 0 aliphatic rings. The van der Waals surface area contributed by atoms with Crippen LogP contribution in [0, 0.1) is 0 Å². The summed E-state index contributed by atoms with van der Waals surface area (Å²) in [5, 5.41) is 4.94. The number of carbonyl (C=O) groups excluding carboxylic acids is 2. The van der Waals surface area contributed by atoms with Crippen LogP contribution in [0.3, 0.4) is 0 Å². The molecule has 0 spiro atoms. The zero-order chi connectivity index (χ0) is 25.0. The van der Waals surface area contributed by atoms with Crippen LogP contribution in [0.5, 0.6) is 5.75 Å². The lowest BCUT2D eigenvalue weighted by molar-refractivity contribution is -0.122. The maximum absolute atomic E-state index is 13.1. The SMILES string of the molecule is CC[C@@H](Oc1cccc2ccccc12)C(=O)Nc1cccc(C(=O)c2ccc(C(C)(C)C)cc2)c1. The molecule has 0 fully saturated rings. The highest BCUT2D eigenvalue weighted by molar-refractivity contribution is 6.09. The van der Waals surface area contributed by atoms with Crippen LogP contribution in [0.15, 0.2) is 91.0 Å². The molecule has 4 rings (SSSR count). The fourth-order valence-electron chi connectivity index (χ4n) is 4.02. The normalized spacial score (nSPS) is 12.2. The molecular formula is C31H31NO3. The molecule has 0 radical (unpaired) electrons. The smallest absolute Gasteiger partial charge is 0.265 e. The molecule has 4 heteroatoms. The van der Waals surface area contributed by atoms with Gasteiger partial charge in [-0.05, 0) is 41.0 Å². The Morgan fingerprint density at radius 3 is 2.23 bits per heavy atom. The average Bonchev–Trinajstić information content (AvgIpc) is 2.86. The predicted molar refractivity (Wildman–Crippen MR) is 142 cm³/mol. The Labute approximate surface area is 206 Å². The van der Waals surface area contributed by atoms with Gasteiger partial charge in [0.05, 0.1) is 0 Å². The zero-order valence-electron chi connectivity index (χ0n) is 20.7. The van der Waals surface area contributed by atoms with Gasteiger partial charge in [0.15, 0.2) is 11.9 Å². The van der Waals surface area contributed by atoms with E-state index in [-0.39, 0.29) is 17.1 Å².